The molecule has 0 spiro atoms. The number of likely N-dealkylation sites (tertiary alicyclic amines) is 1. The summed E-state index contributed by atoms with van der Waals surface area (Å²) in [5.41, 5.74) is 0. The largest absolute Gasteiger partial charge is 0.300 e. The molecule has 1 heterocycles. The zero-order valence-electron chi connectivity index (χ0n) is 7.84. The van der Waals surface area contributed by atoms with Gasteiger partial charge in [0.25, 0.3) is 0 Å². The van der Waals surface area contributed by atoms with E-state index in [-0.39, 0.29) is 0 Å². The Morgan fingerprint density at radius 1 is 1.08 bits per heavy atom. The van der Waals surface area contributed by atoms with E-state index >= 15 is 0 Å². The molecular formula is C11H19N. The minimum Gasteiger partial charge on any atom is -0.300 e. The predicted octanol–water partition coefficient (Wildman–Crippen LogP) is 2.60. The highest BCUT2D eigenvalue weighted by atomic mass is 15.2. The second-order valence-electron chi connectivity index (χ2n) is 3.45. The van der Waals surface area contributed by atoms with Crippen molar-refractivity contribution >= 4 is 0 Å². The highest BCUT2D eigenvalue weighted by molar-refractivity contribution is 4.87. The molecule has 0 aromatic heterocycles. The normalized spacial score (nSPS) is 18.4. The van der Waals surface area contributed by atoms with Crippen molar-refractivity contribution in [2.75, 3.05) is 13.1 Å². The van der Waals surface area contributed by atoms with Crippen LogP contribution >= 0.6 is 0 Å². The van der Waals surface area contributed by atoms with Crippen LogP contribution in [-0.4, -0.2) is 24.0 Å². The van der Waals surface area contributed by atoms with E-state index in [1.54, 1.807) is 0 Å². The van der Waals surface area contributed by atoms with E-state index < -0.39 is 0 Å². The Kier molecular flexibility index (Phi) is 4.09. The molecule has 1 heteroatoms. The lowest BCUT2D eigenvalue weighted by atomic mass is 10.1. The summed E-state index contributed by atoms with van der Waals surface area (Å²) in [6.07, 6.45) is 8.98. The zero-order valence-corrected chi connectivity index (χ0v) is 7.84. The van der Waals surface area contributed by atoms with Crippen molar-refractivity contribution in [2.24, 2.45) is 0 Å². The van der Waals surface area contributed by atoms with Gasteiger partial charge in [-0.25, -0.2) is 0 Å². The van der Waals surface area contributed by atoms with Crippen molar-refractivity contribution in [1.82, 2.24) is 4.90 Å². The van der Waals surface area contributed by atoms with Crippen molar-refractivity contribution in [3.05, 3.63) is 25.3 Å². The quantitative estimate of drug-likeness (QED) is 0.566. The Balaban J connectivity index is 2.38. The molecule has 0 atom stereocenters. The van der Waals surface area contributed by atoms with Crippen molar-refractivity contribution < 1.29 is 0 Å². The maximum absolute atomic E-state index is 3.79. The van der Waals surface area contributed by atoms with E-state index in [4.69, 9.17) is 0 Å². The van der Waals surface area contributed by atoms with Gasteiger partial charge in [0.1, 0.15) is 0 Å². The van der Waals surface area contributed by atoms with Crippen LogP contribution in [0.4, 0.5) is 0 Å². The molecule has 1 nitrogen and oxygen atoms in total. The van der Waals surface area contributed by atoms with Gasteiger partial charge in [0.15, 0.2) is 0 Å². The first-order chi connectivity index (χ1) is 5.88. The first-order valence-electron chi connectivity index (χ1n) is 4.84. The van der Waals surface area contributed by atoms with E-state index in [1.165, 1.54) is 25.9 Å². The third-order valence-electron chi connectivity index (χ3n) is 2.53. The van der Waals surface area contributed by atoms with Crippen molar-refractivity contribution in [3.63, 3.8) is 0 Å². The van der Waals surface area contributed by atoms with Gasteiger partial charge in [-0.05, 0) is 38.8 Å². The van der Waals surface area contributed by atoms with Crippen LogP contribution in [0.5, 0.6) is 0 Å². The van der Waals surface area contributed by atoms with Gasteiger partial charge in [-0.1, -0.05) is 12.2 Å². The predicted molar refractivity (Wildman–Crippen MR) is 54.2 cm³/mol. The molecule has 0 bridgehead atoms. The summed E-state index contributed by atoms with van der Waals surface area (Å²) in [5.74, 6) is 0. The van der Waals surface area contributed by atoms with Gasteiger partial charge in [-0.2, -0.15) is 0 Å². The lowest BCUT2D eigenvalue weighted by Gasteiger charge is -2.25. The molecule has 0 unspecified atom stereocenters. The average Bonchev–Trinajstić information content (AvgIpc) is 2.56. The molecule has 0 N–H and O–H groups in total. The SMILES string of the molecule is C=CCC(CC=C)N1CCCC1. The molecule has 0 radical (unpaired) electrons. The van der Waals surface area contributed by atoms with Crippen LogP contribution in [0.25, 0.3) is 0 Å². The Labute approximate surface area is 75.8 Å². The molecule has 1 fully saturated rings. The molecule has 68 valence electrons. The summed E-state index contributed by atoms with van der Waals surface area (Å²) in [5, 5.41) is 0. The fourth-order valence-corrected chi connectivity index (χ4v) is 1.89. The molecule has 1 aliphatic rings. The van der Waals surface area contributed by atoms with Crippen molar-refractivity contribution in [1.29, 1.82) is 0 Å². The van der Waals surface area contributed by atoms with Crippen LogP contribution in [-0.2, 0) is 0 Å². The van der Waals surface area contributed by atoms with Crippen LogP contribution in [0, 0.1) is 0 Å². The molecule has 12 heavy (non-hydrogen) atoms. The van der Waals surface area contributed by atoms with Gasteiger partial charge in [-0.3, -0.25) is 4.90 Å². The molecule has 0 aromatic carbocycles. The number of rotatable bonds is 5. The highest BCUT2D eigenvalue weighted by Gasteiger charge is 2.18. The monoisotopic (exact) mass is 165 g/mol. The van der Waals surface area contributed by atoms with E-state index in [0.29, 0.717) is 6.04 Å². The van der Waals surface area contributed by atoms with Crippen LogP contribution in [0.2, 0.25) is 0 Å². The lowest BCUT2D eigenvalue weighted by Crippen LogP contribution is -2.31. The Morgan fingerprint density at radius 3 is 2.00 bits per heavy atom. The molecular weight excluding hydrogens is 146 g/mol. The van der Waals surface area contributed by atoms with Crippen LogP contribution in [0.3, 0.4) is 0 Å². The number of hydrogen-bond donors (Lipinski definition) is 0. The Hall–Kier alpha value is -0.560. The number of nitrogens with zero attached hydrogens (tertiary/aromatic N) is 1. The zero-order chi connectivity index (χ0) is 8.81. The van der Waals surface area contributed by atoms with Crippen LogP contribution in [0.1, 0.15) is 25.7 Å². The van der Waals surface area contributed by atoms with Gasteiger partial charge in [-0.15, -0.1) is 13.2 Å². The van der Waals surface area contributed by atoms with Crippen molar-refractivity contribution in [3.8, 4) is 0 Å². The first kappa shape index (κ1) is 9.53. The Morgan fingerprint density at radius 2 is 1.58 bits per heavy atom. The van der Waals surface area contributed by atoms with E-state index in [1.807, 2.05) is 12.2 Å². The van der Waals surface area contributed by atoms with Crippen molar-refractivity contribution in [2.45, 2.75) is 31.7 Å². The van der Waals surface area contributed by atoms with Crippen LogP contribution in [0.15, 0.2) is 25.3 Å². The average molecular weight is 165 g/mol. The minimum atomic E-state index is 0.669. The molecule has 1 rings (SSSR count). The van der Waals surface area contributed by atoms with E-state index in [0.717, 1.165) is 12.8 Å². The standard InChI is InChI=1S/C11H19N/c1-3-7-11(8-4-2)12-9-5-6-10-12/h3-4,11H,1-2,5-10H2. The maximum Gasteiger partial charge on any atom is 0.0164 e. The summed E-state index contributed by atoms with van der Waals surface area (Å²) in [4.78, 5) is 2.56. The lowest BCUT2D eigenvalue weighted by molar-refractivity contribution is 0.245. The van der Waals surface area contributed by atoms with Gasteiger partial charge in [0, 0.05) is 6.04 Å². The van der Waals surface area contributed by atoms with Crippen LogP contribution < -0.4 is 0 Å². The molecule has 1 saturated heterocycles. The molecule has 0 aliphatic carbocycles. The maximum atomic E-state index is 3.79. The van der Waals surface area contributed by atoms with Gasteiger partial charge >= 0.3 is 0 Å². The molecule has 1 aliphatic heterocycles. The summed E-state index contributed by atoms with van der Waals surface area (Å²) in [6, 6.07) is 0.669. The first-order valence-corrected chi connectivity index (χ1v) is 4.84. The molecule has 0 amide bonds. The second kappa shape index (κ2) is 5.15. The Bertz CT molecular complexity index is 135. The summed E-state index contributed by atoms with van der Waals surface area (Å²) in [6.45, 7) is 10.1. The van der Waals surface area contributed by atoms with Gasteiger partial charge in [0.2, 0.25) is 0 Å². The summed E-state index contributed by atoms with van der Waals surface area (Å²) < 4.78 is 0. The van der Waals surface area contributed by atoms with E-state index in [2.05, 4.69) is 18.1 Å². The fourth-order valence-electron chi connectivity index (χ4n) is 1.89. The second-order valence-corrected chi connectivity index (χ2v) is 3.45. The highest BCUT2D eigenvalue weighted by Crippen LogP contribution is 2.16. The van der Waals surface area contributed by atoms with E-state index in [9.17, 15) is 0 Å². The van der Waals surface area contributed by atoms with Gasteiger partial charge < -0.3 is 0 Å². The summed E-state index contributed by atoms with van der Waals surface area (Å²) in [7, 11) is 0. The topological polar surface area (TPSA) is 3.24 Å². The molecule has 0 aromatic rings. The third kappa shape index (κ3) is 2.49. The third-order valence-corrected chi connectivity index (χ3v) is 2.53. The summed E-state index contributed by atoms with van der Waals surface area (Å²) >= 11 is 0. The molecule has 0 saturated carbocycles. The number of hydrogen-bond acceptors (Lipinski definition) is 1. The fraction of sp³-hybridized carbons (Fsp3) is 0.636. The smallest absolute Gasteiger partial charge is 0.0164 e. The van der Waals surface area contributed by atoms with Gasteiger partial charge in [0.05, 0.1) is 0 Å². The minimum absolute atomic E-state index is 0.669.